The molecule has 0 bridgehead atoms. The zero-order valence-electron chi connectivity index (χ0n) is 10.3. The van der Waals surface area contributed by atoms with Crippen molar-refractivity contribution in [1.82, 2.24) is 4.98 Å². The van der Waals surface area contributed by atoms with Gasteiger partial charge in [-0.3, -0.25) is 10.1 Å². The topological polar surface area (TPSA) is 88.3 Å². The maximum absolute atomic E-state index is 10.6. The van der Waals surface area contributed by atoms with Gasteiger partial charge in [0.25, 0.3) is 5.69 Å². The summed E-state index contributed by atoms with van der Waals surface area (Å²) in [7, 11) is 0. The van der Waals surface area contributed by atoms with Crippen molar-refractivity contribution >= 4 is 27.4 Å². The zero-order valence-corrected chi connectivity index (χ0v) is 11.9. The van der Waals surface area contributed by atoms with Crippen molar-refractivity contribution in [2.45, 2.75) is 20.3 Å². The minimum atomic E-state index is -0.489. The Labute approximate surface area is 114 Å². The van der Waals surface area contributed by atoms with Crippen LogP contribution >= 0.6 is 15.9 Å². The van der Waals surface area contributed by atoms with Gasteiger partial charge in [-0.15, -0.1) is 0 Å². The van der Waals surface area contributed by atoms with Crippen LogP contribution in [0.2, 0.25) is 0 Å². The van der Waals surface area contributed by atoms with Crippen LogP contribution < -0.4 is 5.32 Å². The molecule has 6 nitrogen and oxygen atoms in total. The van der Waals surface area contributed by atoms with E-state index in [0.717, 1.165) is 0 Å². The Morgan fingerprint density at radius 2 is 2.28 bits per heavy atom. The fourth-order valence-corrected chi connectivity index (χ4v) is 1.85. The number of nitro groups is 1. The molecule has 0 unspecified atom stereocenters. The summed E-state index contributed by atoms with van der Waals surface area (Å²) in [4.78, 5) is 14.1. The molecule has 0 saturated heterocycles. The number of hydrogen-bond donors (Lipinski definition) is 2. The summed E-state index contributed by atoms with van der Waals surface area (Å²) >= 11 is 3.24. The number of hydrogen-bond acceptors (Lipinski definition) is 5. The second-order valence-corrected chi connectivity index (χ2v) is 5.63. The maximum Gasteiger partial charge on any atom is 0.288 e. The molecule has 7 heteroatoms. The molecule has 1 aromatic heterocycles. The van der Waals surface area contributed by atoms with E-state index < -0.39 is 4.92 Å². The highest BCUT2D eigenvalue weighted by Gasteiger charge is 2.18. The Bertz CT molecular complexity index is 438. The van der Waals surface area contributed by atoms with Gasteiger partial charge in [0.1, 0.15) is 12.0 Å². The summed E-state index contributed by atoms with van der Waals surface area (Å²) in [5, 5.41) is 22.6. The third kappa shape index (κ3) is 4.23. The minimum absolute atomic E-state index is 0.0537. The number of aromatic nitrogens is 1. The van der Waals surface area contributed by atoms with E-state index >= 15 is 0 Å². The third-order valence-corrected chi connectivity index (χ3v) is 3.17. The number of nitrogens with zero attached hydrogens (tertiary/aromatic N) is 2. The van der Waals surface area contributed by atoms with Gasteiger partial charge in [-0.25, -0.2) is 4.98 Å². The highest BCUT2D eigenvalue weighted by atomic mass is 79.9. The summed E-state index contributed by atoms with van der Waals surface area (Å²) in [6.45, 7) is 4.80. The lowest BCUT2D eigenvalue weighted by atomic mass is 9.90. The molecule has 0 aromatic carbocycles. The lowest BCUT2D eigenvalue weighted by molar-refractivity contribution is -0.385. The molecule has 0 radical (unpaired) electrons. The molecule has 0 amide bonds. The van der Waals surface area contributed by atoms with Gasteiger partial charge in [0, 0.05) is 19.2 Å². The minimum Gasteiger partial charge on any atom is -0.396 e. The van der Waals surface area contributed by atoms with Crippen molar-refractivity contribution in [1.29, 1.82) is 0 Å². The number of aliphatic hydroxyl groups excluding tert-OH is 1. The number of aliphatic hydroxyl groups is 1. The molecular formula is C11H16BrN3O3. The average molecular weight is 318 g/mol. The van der Waals surface area contributed by atoms with Crippen molar-refractivity contribution in [3.63, 3.8) is 0 Å². The number of rotatable bonds is 6. The summed E-state index contributed by atoms with van der Waals surface area (Å²) in [5.74, 6) is 0.562. The van der Waals surface area contributed by atoms with Crippen LogP contribution in [0.25, 0.3) is 0 Å². The summed E-state index contributed by atoms with van der Waals surface area (Å²) in [5.41, 5.74) is -0.125. The van der Waals surface area contributed by atoms with Crippen molar-refractivity contribution in [3.05, 3.63) is 26.9 Å². The fourth-order valence-electron chi connectivity index (χ4n) is 1.37. The largest absolute Gasteiger partial charge is 0.396 e. The van der Waals surface area contributed by atoms with E-state index in [1.165, 1.54) is 12.3 Å². The van der Waals surface area contributed by atoms with E-state index in [-0.39, 0.29) is 17.7 Å². The Morgan fingerprint density at radius 1 is 1.61 bits per heavy atom. The zero-order chi connectivity index (χ0) is 13.8. The lowest BCUT2D eigenvalue weighted by Gasteiger charge is -2.24. The molecule has 0 saturated carbocycles. The first-order chi connectivity index (χ1) is 8.35. The molecule has 0 aliphatic heterocycles. The van der Waals surface area contributed by atoms with Gasteiger partial charge in [0.15, 0.2) is 0 Å². The smallest absolute Gasteiger partial charge is 0.288 e. The van der Waals surface area contributed by atoms with Crippen LogP contribution in [-0.4, -0.2) is 28.2 Å². The number of nitrogens with one attached hydrogen (secondary N) is 1. The summed E-state index contributed by atoms with van der Waals surface area (Å²) in [6, 6.07) is 1.41. The van der Waals surface area contributed by atoms with Crippen molar-refractivity contribution in [2.75, 3.05) is 18.5 Å². The van der Waals surface area contributed by atoms with Crippen molar-refractivity contribution in [2.24, 2.45) is 5.41 Å². The SMILES string of the molecule is CC(C)(CCO)CNc1ncc([N+](=O)[O-])cc1Br. The van der Waals surface area contributed by atoms with Gasteiger partial charge in [-0.05, 0) is 27.8 Å². The monoisotopic (exact) mass is 317 g/mol. The molecule has 0 aliphatic rings. The Balaban J connectivity index is 2.71. The predicted octanol–water partition coefficient (Wildman–Crippen LogP) is 2.57. The highest BCUT2D eigenvalue weighted by Crippen LogP contribution is 2.26. The van der Waals surface area contributed by atoms with E-state index in [4.69, 9.17) is 5.11 Å². The Kier molecular flexibility index (Phi) is 5.03. The van der Waals surface area contributed by atoms with Gasteiger partial charge >= 0.3 is 0 Å². The van der Waals surface area contributed by atoms with Gasteiger partial charge in [0.2, 0.25) is 0 Å². The van der Waals surface area contributed by atoms with Crippen LogP contribution in [0.3, 0.4) is 0 Å². The van der Waals surface area contributed by atoms with Gasteiger partial charge < -0.3 is 10.4 Å². The molecule has 1 aromatic rings. The van der Waals surface area contributed by atoms with Crippen LogP contribution in [0.15, 0.2) is 16.7 Å². The second kappa shape index (κ2) is 6.10. The van der Waals surface area contributed by atoms with Gasteiger partial charge in [0.05, 0.1) is 9.40 Å². The average Bonchev–Trinajstić information content (AvgIpc) is 2.27. The van der Waals surface area contributed by atoms with E-state index in [1.54, 1.807) is 0 Å². The molecule has 0 spiro atoms. The quantitative estimate of drug-likeness (QED) is 0.622. The van der Waals surface area contributed by atoms with Crippen LogP contribution in [0.1, 0.15) is 20.3 Å². The first kappa shape index (κ1) is 14.8. The first-order valence-corrected chi connectivity index (χ1v) is 6.30. The maximum atomic E-state index is 10.6. The van der Waals surface area contributed by atoms with Crippen molar-refractivity contribution < 1.29 is 10.0 Å². The summed E-state index contributed by atoms with van der Waals surface area (Å²) < 4.78 is 0.552. The van der Waals surface area contributed by atoms with Crippen LogP contribution in [0, 0.1) is 15.5 Å². The third-order valence-electron chi connectivity index (χ3n) is 2.56. The van der Waals surface area contributed by atoms with Crippen molar-refractivity contribution in [3.8, 4) is 0 Å². The molecule has 0 fully saturated rings. The van der Waals surface area contributed by atoms with E-state index in [0.29, 0.717) is 23.3 Å². The van der Waals surface area contributed by atoms with Crippen LogP contribution in [-0.2, 0) is 0 Å². The molecule has 1 heterocycles. The molecular weight excluding hydrogens is 302 g/mol. The second-order valence-electron chi connectivity index (χ2n) is 4.77. The lowest BCUT2D eigenvalue weighted by Crippen LogP contribution is -2.24. The van der Waals surface area contributed by atoms with Crippen LogP contribution in [0.4, 0.5) is 11.5 Å². The highest BCUT2D eigenvalue weighted by molar-refractivity contribution is 9.10. The Hall–Kier alpha value is -1.21. The standard InChI is InChI=1S/C11H16BrN3O3/c1-11(2,3-4-16)7-14-10-9(12)5-8(6-13-10)15(17)18/h5-6,16H,3-4,7H2,1-2H3,(H,13,14). The first-order valence-electron chi connectivity index (χ1n) is 5.50. The van der Waals surface area contributed by atoms with E-state index in [2.05, 4.69) is 26.2 Å². The number of pyridine rings is 1. The van der Waals surface area contributed by atoms with E-state index in [9.17, 15) is 10.1 Å². The summed E-state index contributed by atoms with van der Waals surface area (Å²) in [6.07, 6.45) is 1.89. The molecule has 2 N–H and O–H groups in total. The predicted molar refractivity (Wildman–Crippen MR) is 72.6 cm³/mol. The molecule has 0 aliphatic carbocycles. The van der Waals surface area contributed by atoms with Crippen LogP contribution in [0.5, 0.6) is 0 Å². The Morgan fingerprint density at radius 3 is 2.78 bits per heavy atom. The molecule has 18 heavy (non-hydrogen) atoms. The van der Waals surface area contributed by atoms with E-state index in [1.807, 2.05) is 13.8 Å². The molecule has 100 valence electrons. The molecule has 0 atom stereocenters. The van der Waals surface area contributed by atoms with Gasteiger partial charge in [-0.2, -0.15) is 0 Å². The molecule has 1 rings (SSSR count). The number of halogens is 1. The normalized spacial score (nSPS) is 11.3. The van der Waals surface area contributed by atoms with Gasteiger partial charge in [-0.1, -0.05) is 13.8 Å². The number of anilines is 1. The fraction of sp³-hybridized carbons (Fsp3) is 0.545.